The molecule has 5 fully saturated rings. The first-order chi connectivity index (χ1) is 36.8. The minimum Gasteiger partial charge on any atom is -0.462 e. The van der Waals surface area contributed by atoms with Crippen molar-refractivity contribution in [2.75, 3.05) is 26.4 Å². The van der Waals surface area contributed by atoms with Gasteiger partial charge in [0, 0.05) is 12.3 Å². The fraction of sp³-hybridized carbons (Fsp3) is 0.667. The van der Waals surface area contributed by atoms with Crippen molar-refractivity contribution in [3.8, 4) is 0 Å². The van der Waals surface area contributed by atoms with E-state index in [1.165, 1.54) is 12.5 Å². The highest BCUT2D eigenvalue weighted by Crippen LogP contribution is 2.69. The zero-order valence-corrected chi connectivity index (χ0v) is 45.4. The summed E-state index contributed by atoms with van der Waals surface area (Å²) < 4.78 is 48.0. The molecule has 2 saturated heterocycles. The molecular weight excluding hydrogens is 993 g/mol. The third-order valence-electron chi connectivity index (χ3n) is 18.1. The first-order valence-electron chi connectivity index (χ1n) is 28.0. The van der Waals surface area contributed by atoms with Crippen LogP contribution in [-0.2, 0) is 47.5 Å². The van der Waals surface area contributed by atoms with Crippen LogP contribution in [-0.4, -0.2) is 143 Å². The number of ether oxygens (including phenoxy) is 8. The van der Waals surface area contributed by atoms with Crippen LogP contribution in [0.4, 0.5) is 0 Å². The maximum Gasteiger partial charge on any atom is 0.338 e. The van der Waals surface area contributed by atoms with Gasteiger partial charge in [0.15, 0.2) is 24.8 Å². The smallest absolute Gasteiger partial charge is 0.338 e. The Balaban J connectivity index is 0.946. The van der Waals surface area contributed by atoms with E-state index in [1.807, 2.05) is 44.2 Å². The molecule has 6 aliphatic rings. The number of allylic oxidation sites excluding steroid dienone is 2. The second kappa shape index (κ2) is 25.7. The Kier molecular flexibility index (Phi) is 19.6. The van der Waals surface area contributed by atoms with Crippen molar-refractivity contribution in [2.45, 2.75) is 192 Å². The zero-order chi connectivity index (χ0) is 55.1. The molecule has 17 heteroatoms. The first-order valence-corrected chi connectivity index (χ1v) is 28.0. The number of hydrogen-bond acceptors (Lipinski definition) is 17. The summed E-state index contributed by atoms with van der Waals surface area (Å²) in [6.45, 7) is 8.61. The van der Waals surface area contributed by atoms with Crippen molar-refractivity contribution >= 4 is 23.9 Å². The lowest BCUT2D eigenvalue weighted by molar-refractivity contribution is -0.345. The van der Waals surface area contributed by atoms with E-state index < -0.39 is 103 Å². The molecule has 2 aliphatic heterocycles. The molecule has 0 bridgehead atoms. The average Bonchev–Trinajstić information content (AvgIpc) is 3.93. The van der Waals surface area contributed by atoms with Gasteiger partial charge < -0.3 is 63.4 Å². The summed E-state index contributed by atoms with van der Waals surface area (Å²) in [5.41, 5.74) is 0.0398. The van der Waals surface area contributed by atoms with E-state index in [2.05, 4.69) is 13.0 Å². The van der Waals surface area contributed by atoms with E-state index in [0.717, 1.165) is 69.8 Å². The zero-order valence-electron chi connectivity index (χ0n) is 45.4. The first kappa shape index (κ1) is 58.6. The molecule has 2 aromatic carbocycles. The molecule has 0 spiro atoms. The fourth-order valence-corrected chi connectivity index (χ4v) is 13.7. The summed E-state index contributed by atoms with van der Waals surface area (Å²) in [6, 6.07) is 15.5. The number of unbranched alkanes of at least 4 members (excludes halogenated alkanes) is 6. The molecule has 8 rings (SSSR count). The monoisotopic (exact) mass is 1070 g/mol. The molecule has 424 valence electrons. The molecule has 17 atom stereocenters. The topological polar surface area (TPSA) is 243 Å². The van der Waals surface area contributed by atoms with Gasteiger partial charge in [0.1, 0.15) is 36.6 Å². The number of fused-ring (bicyclic) bond motifs is 5. The van der Waals surface area contributed by atoms with Crippen molar-refractivity contribution in [3.63, 3.8) is 0 Å². The van der Waals surface area contributed by atoms with Crippen molar-refractivity contribution in [2.24, 2.45) is 34.5 Å². The quantitative estimate of drug-likeness (QED) is 0.0366. The lowest BCUT2D eigenvalue weighted by Crippen LogP contribution is -2.64. The number of esters is 4. The molecular formula is C60H82O17. The summed E-state index contributed by atoms with van der Waals surface area (Å²) in [5, 5.41) is 57.6. The van der Waals surface area contributed by atoms with E-state index in [9.17, 15) is 44.7 Å². The molecule has 2 heterocycles. The highest BCUT2D eigenvalue weighted by atomic mass is 16.8. The number of carbonyl (C=O) groups excluding carboxylic acids is 4. The van der Waals surface area contributed by atoms with Gasteiger partial charge in [0.2, 0.25) is 0 Å². The van der Waals surface area contributed by atoms with Gasteiger partial charge in [0.25, 0.3) is 0 Å². The summed E-state index contributed by atoms with van der Waals surface area (Å²) in [6.07, 6.45) is 3.64. The molecule has 3 saturated carbocycles. The number of aliphatic hydroxyl groups excluding tert-OH is 4. The van der Waals surface area contributed by atoms with Gasteiger partial charge in [-0.3, -0.25) is 9.59 Å². The van der Waals surface area contributed by atoms with Gasteiger partial charge in [-0.25, -0.2) is 9.59 Å². The van der Waals surface area contributed by atoms with Gasteiger partial charge in [0.05, 0.1) is 49.1 Å². The van der Waals surface area contributed by atoms with Crippen molar-refractivity contribution in [1.82, 2.24) is 0 Å². The highest BCUT2D eigenvalue weighted by molar-refractivity contribution is 5.90. The lowest BCUT2D eigenvalue weighted by atomic mass is 9.46. The third kappa shape index (κ3) is 12.9. The molecule has 77 heavy (non-hydrogen) atoms. The van der Waals surface area contributed by atoms with E-state index in [-0.39, 0.29) is 47.4 Å². The van der Waals surface area contributed by atoms with Gasteiger partial charge in [-0.15, -0.1) is 0 Å². The Morgan fingerprint density at radius 3 is 2.14 bits per heavy atom. The summed E-state index contributed by atoms with van der Waals surface area (Å²) in [5.74, 6) is -3.42. The Morgan fingerprint density at radius 2 is 1.42 bits per heavy atom. The summed E-state index contributed by atoms with van der Waals surface area (Å²) in [7, 11) is 0. The number of aliphatic hydroxyl groups is 5. The second-order valence-electron chi connectivity index (χ2n) is 23.0. The summed E-state index contributed by atoms with van der Waals surface area (Å²) >= 11 is 0. The highest BCUT2D eigenvalue weighted by Gasteiger charge is 2.71. The predicted octanol–water partition coefficient (Wildman–Crippen LogP) is 7.01. The SMILES string of the molecule is CC(=O)O[C@H]1[C@H](O[C@H]2CC3C4CC=C5C[C@@H](O)CC[C@]5(C)C4CC[C@]3(C)[C@@]2(O)[C@H](C)C(=O)OC/C=C/CCCCCCCCOC(=O)c2ccccc2)OC[C@H](O)[C@@H]1O[C@@H]1OC[C@@H](O)[C@H](O)[C@H]1OC(=O)c1ccc(C)cc1. The molecule has 5 N–H and O–H groups in total. The lowest BCUT2D eigenvalue weighted by Gasteiger charge is -2.59. The molecule has 4 aliphatic carbocycles. The third-order valence-corrected chi connectivity index (χ3v) is 18.1. The van der Waals surface area contributed by atoms with Gasteiger partial charge in [-0.1, -0.05) is 99.2 Å². The maximum absolute atomic E-state index is 14.3. The molecule has 2 aromatic rings. The maximum atomic E-state index is 14.3. The Labute approximate surface area is 452 Å². The van der Waals surface area contributed by atoms with Crippen LogP contribution < -0.4 is 0 Å². The Hall–Kier alpha value is -4.56. The molecule has 0 aromatic heterocycles. The van der Waals surface area contributed by atoms with Crippen LogP contribution in [0.3, 0.4) is 0 Å². The fourth-order valence-electron chi connectivity index (χ4n) is 13.7. The molecule has 3 unspecified atom stereocenters. The van der Waals surface area contributed by atoms with Crippen LogP contribution in [0.15, 0.2) is 78.4 Å². The van der Waals surface area contributed by atoms with Crippen LogP contribution in [0.2, 0.25) is 0 Å². The van der Waals surface area contributed by atoms with Crippen LogP contribution in [0.5, 0.6) is 0 Å². The molecule has 17 nitrogen and oxygen atoms in total. The van der Waals surface area contributed by atoms with Crippen LogP contribution in [0.1, 0.15) is 144 Å². The standard InChI is InChI=1S/C60H82O17/c1-36-20-22-40(23-21-36)55(68)76-51-49(65)46(63)34-72-56(51)77-50-47(64)35-73-57(52(50)74-38(3)61)75-48-33-45-43-25-24-41-32-42(62)26-28-58(41,4)44(43)27-29-59(45,5)60(48,69)37(2)53(66)70-30-16-11-9-7-6-8-10-12-17-31-71-54(67)39-18-14-13-15-19-39/h11,13-16,18-24,37,42-52,56-57,62-65,69H,6-10,12,17,25-35H2,1-5H3/b16-11+/t37-,42+,43?,44?,45?,46-,47+,48+,49+,50+,51-,52-,56+,57+,58+,59+,60-/m1/s1. The minimum absolute atomic E-state index is 0.00253. The van der Waals surface area contributed by atoms with Crippen LogP contribution >= 0.6 is 0 Å². The van der Waals surface area contributed by atoms with E-state index in [4.69, 9.17) is 37.9 Å². The number of carbonyl (C=O) groups is 4. The second-order valence-corrected chi connectivity index (χ2v) is 23.0. The Morgan fingerprint density at radius 1 is 0.740 bits per heavy atom. The van der Waals surface area contributed by atoms with E-state index >= 15 is 0 Å². The van der Waals surface area contributed by atoms with Gasteiger partial charge in [-0.05, 0) is 125 Å². The number of rotatable bonds is 21. The van der Waals surface area contributed by atoms with Gasteiger partial charge in [-0.2, -0.15) is 0 Å². The summed E-state index contributed by atoms with van der Waals surface area (Å²) in [4.78, 5) is 52.8. The van der Waals surface area contributed by atoms with E-state index in [0.29, 0.717) is 37.9 Å². The van der Waals surface area contributed by atoms with E-state index in [1.54, 1.807) is 43.3 Å². The number of benzene rings is 2. The Bertz CT molecular complexity index is 2380. The van der Waals surface area contributed by atoms with Crippen molar-refractivity contribution in [1.29, 1.82) is 0 Å². The van der Waals surface area contributed by atoms with Crippen molar-refractivity contribution < 1.29 is 82.6 Å². The molecule has 0 radical (unpaired) electrons. The van der Waals surface area contributed by atoms with Gasteiger partial charge >= 0.3 is 23.9 Å². The largest absolute Gasteiger partial charge is 0.462 e. The number of hydrogen-bond donors (Lipinski definition) is 5. The van der Waals surface area contributed by atoms with Crippen LogP contribution in [0.25, 0.3) is 0 Å². The van der Waals surface area contributed by atoms with Crippen LogP contribution in [0, 0.1) is 41.4 Å². The predicted molar refractivity (Wildman–Crippen MR) is 280 cm³/mol. The average molecular weight is 1080 g/mol. The number of aryl methyl sites for hydroxylation is 1. The normalized spacial score (nSPS) is 36.1. The molecule has 0 amide bonds. The minimum atomic E-state index is -1.85. The van der Waals surface area contributed by atoms with Crippen molar-refractivity contribution in [3.05, 3.63) is 95.1 Å².